The Kier molecular flexibility index (Phi) is 5.80. The first-order valence-corrected chi connectivity index (χ1v) is 7.02. The second-order valence-corrected chi connectivity index (χ2v) is 5.54. The van der Waals surface area contributed by atoms with Crippen LogP contribution in [0.4, 0.5) is 4.39 Å². The molecule has 2 N–H and O–H groups in total. The van der Waals surface area contributed by atoms with E-state index in [1.54, 1.807) is 0 Å². The van der Waals surface area contributed by atoms with Crippen LogP contribution in [0, 0.1) is 5.82 Å². The summed E-state index contributed by atoms with van der Waals surface area (Å²) < 4.78 is 14.1. The highest BCUT2D eigenvalue weighted by Gasteiger charge is 2.12. The van der Waals surface area contributed by atoms with Crippen LogP contribution in [0.15, 0.2) is 12.1 Å². The van der Waals surface area contributed by atoms with Gasteiger partial charge >= 0.3 is 0 Å². The molecule has 1 aromatic rings. The van der Waals surface area contributed by atoms with Gasteiger partial charge < -0.3 is 5.73 Å². The maximum atomic E-state index is 14.1. The fourth-order valence-corrected chi connectivity index (χ4v) is 2.23. The van der Waals surface area contributed by atoms with E-state index in [1.807, 2.05) is 39.8 Å². The zero-order chi connectivity index (χ0) is 13.7. The molecule has 0 spiro atoms. The molecule has 0 aliphatic heterocycles. The van der Waals surface area contributed by atoms with E-state index in [2.05, 4.69) is 0 Å². The summed E-state index contributed by atoms with van der Waals surface area (Å²) in [6.45, 7) is 8.13. The van der Waals surface area contributed by atoms with E-state index < -0.39 is 0 Å². The van der Waals surface area contributed by atoms with Crippen molar-refractivity contribution in [3.63, 3.8) is 0 Å². The summed E-state index contributed by atoms with van der Waals surface area (Å²) in [5.41, 5.74) is 8.70. The molecule has 0 aromatic heterocycles. The van der Waals surface area contributed by atoms with E-state index in [0.29, 0.717) is 0 Å². The molecular weight excluding hydrogens is 225 g/mol. The van der Waals surface area contributed by atoms with Crippen LogP contribution in [0.1, 0.15) is 63.1 Å². The summed E-state index contributed by atoms with van der Waals surface area (Å²) in [7, 11) is 0. The van der Waals surface area contributed by atoms with Crippen molar-refractivity contribution in [2.45, 2.75) is 65.3 Å². The van der Waals surface area contributed by atoms with E-state index >= 15 is 0 Å². The van der Waals surface area contributed by atoms with Crippen molar-refractivity contribution in [3.05, 3.63) is 34.6 Å². The van der Waals surface area contributed by atoms with Gasteiger partial charge in [0, 0.05) is 6.04 Å². The molecule has 0 unspecified atom stereocenters. The lowest BCUT2D eigenvalue weighted by atomic mass is 9.93. The fraction of sp³-hybridized carbons (Fsp3) is 0.625. The Morgan fingerprint density at radius 2 is 1.89 bits per heavy atom. The summed E-state index contributed by atoms with van der Waals surface area (Å²) in [5, 5.41) is 0. The Balaban J connectivity index is 2.88. The largest absolute Gasteiger partial charge is 0.328 e. The molecule has 1 atom stereocenters. The standard InChI is InChI=1S/C16H26FN/c1-5-14-9-13(8-6-7-12(4)18)10-15(11(2)3)16(14)17/h9-12H,5-8,18H2,1-4H3/t12-/m0/s1. The van der Waals surface area contributed by atoms with Crippen LogP contribution in [0.25, 0.3) is 0 Å². The molecule has 0 radical (unpaired) electrons. The Bertz CT molecular complexity index is 383. The van der Waals surface area contributed by atoms with Gasteiger partial charge in [-0.15, -0.1) is 0 Å². The molecule has 0 bridgehead atoms. The lowest BCUT2D eigenvalue weighted by Crippen LogP contribution is -2.14. The molecule has 0 aliphatic rings. The number of nitrogens with two attached hydrogens (primary N) is 1. The van der Waals surface area contributed by atoms with E-state index in [-0.39, 0.29) is 17.8 Å². The van der Waals surface area contributed by atoms with Crippen molar-refractivity contribution in [3.8, 4) is 0 Å². The van der Waals surface area contributed by atoms with Gasteiger partial charge in [-0.05, 0) is 55.2 Å². The molecule has 0 saturated heterocycles. The molecule has 0 amide bonds. The molecule has 1 aromatic carbocycles. The van der Waals surface area contributed by atoms with E-state index in [9.17, 15) is 4.39 Å². The minimum Gasteiger partial charge on any atom is -0.328 e. The molecule has 1 rings (SSSR count). The number of halogens is 1. The van der Waals surface area contributed by atoms with Gasteiger partial charge in [0.05, 0.1) is 0 Å². The van der Waals surface area contributed by atoms with Crippen LogP contribution in [0.2, 0.25) is 0 Å². The molecule has 0 aliphatic carbocycles. The predicted molar refractivity (Wildman–Crippen MR) is 76.5 cm³/mol. The summed E-state index contributed by atoms with van der Waals surface area (Å²) in [5.74, 6) is 0.229. The predicted octanol–water partition coefficient (Wildman–Crippen LogP) is 4.18. The van der Waals surface area contributed by atoms with Crippen molar-refractivity contribution in [2.24, 2.45) is 5.73 Å². The maximum absolute atomic E-state index is 14.1. The highest BCUT2D eigenvalue weighted by atomic mass is 19.1. The first-order valence-electron chi connectivity index (χ1n) is 7.02. The number of rotatable bonds is 6. The SMILES string of the molecule is CCc1cc(CCC[C@H](C)N)cc(C(C)C)c1F. The van der Waals surface area contributed by atoms with Gasteiger partial charge in [0.2, 0.25) is 0 Å². The van der Waals surface area contributed by atoms with Crippen LogP contribution in [-0.2, 0) is 12.8 Å². The van der Waals surface area contributed by atoms with Gasteiger partial charge in [-0.3, -0.25) is 0 Å². The molecule has 102 valence electrons. The third-order valence-electron chi connectivity index (χ3n) is 3.36. The van der Waals surface area contributed by atoms with Crippen LogP contribution < -0.4 is 5.73 Å². The zero-order valence-electron chi connectivity index (χ0n) is 12.1. The third kappa shape index (κ3) is 4.09. The second-order valence-electron chi connectivity index (χ2n) is 5.54. The third-order valence-corrected chi connectivity index (χ3v) is 3.36. The lowest BCUT2D eigenvalue weighted by molar-refractivity contribution is 0.580. The zero-order valence-corrected chi connectivity index (χ0v) is 12.1. The summed E-state index contributed by atoms with van der Waals surface area (Å²) in [6, 6.07) is 4.29. The number of hydrogen-bond donors (Lipinski definition) is 1. The van der Waals surface area contributed by atoms with Crippen LogP contribution >= 0.6 is 0 Å². The van der Waals surface area contributed by atoms with Crippen molar-refractivity contribution in [1.29, 1.82) is 0 Å². The average Bonchev–Trinajstić information content (AvgIpc) is 2.30. The molecular formula is C16H26FN. The Morgan fingerprint density at radius 3 is 2.39 bits per heavy atom. The molecule has 1 nitrogen and oxygen atoms in total. The van der Waals surface area contributed by atoms with Crippen LogP contribution in [0.3, 0.4) is 0 Å². The van der Waals surface area contributed by atoms with Crippen LogP contribution in [-0.4, -0.2) is 6.04 Å². The number of benzene rings is 1. The Morgan fingerprint density at radius 1 is 1.22 bits per heavy atom. The van der Waals surface area contributed by atoms with Crippen LogP contribution in [0.5, 0.6) is 0 Å². The number of hydrogen-bond acceptors (Lipinski definition) is 1. The molecule has 0 fully saturated rings. The second kappa shape index (κ2) is 6.89. The van der Waals surface area contributed by atoms with E-state index in [4.69, 9.17) is 5.73 Å². The summed E-state index contributed by atoms with van der Waals surface area (Å²) in [6.07, 6.45) is 3.85. The minimum absolute atomic E-state index is 0.0107. The van der Waals surface area contributed by atoms with Crippen molar-refractivity contribution < 1.29 is 4.39 Å². The quantitative estimate of drug-likeness (QED) is 0.806. The topological polar surface area (TPSA) is 26.0 Å². The normalized spacial score (nSPS) is 13.1. The van der Waals surface area contributed by atoms with Gasteiger partial charge in [0.25, 0.3) is 0 Å². The van der Waals surface area contributed by atoms with Gasteiger partial charge in [-0.25, -0.2) is 4.39 Å². The van der Waals surface area contributed by atoms with Gasteiger partial charge in [0.1, 0.15) is 5.82 Å². The fourth-order valence-electron chi connectivity index (χ4n) is 2.23. The van der Waals surface area contributed by atoms with Crippen molar-refractivity contribution in [2.75, 3.05) is 0 Å². The van der Waals surface area contributed by atoms with Crippen molar-refractivity contribution in [1.82, 2.24) is 0 Å². The highest BCUT2D eigenvalue weighted by Crippen LogP contribution is 2.24. The van der Waals surface area contributed by atoms with Crippen molar-refractivity contribution >= 4 is 0 Å². The smallest absolute Gasteiger partial charge is 0.129 e. The van der Waals surface area contributed by atoms with E-state index in [1.165, 1.54) is 5.56 Å². The summed E-state index contributed by atoms with van der Waals surface area (Å²) in [4.78, 5) is 0. The number of aryl methyl sites for hydroxylation is 2. The van der Waals surface area contributed by atoms with Gasteiger partial charge in [-0.2, -0.15) is 0 Å². The monoisotopic (exact) mass is 251 g/mol. The maximum Gasteiger partial charge on any atom is 0.129 e. The molecule has 18 heavy (non-hydrogen) atoms. The molecule has 0 saturated carbocycles. The summed E-state index contributed by atoms with van der Waals surface area (Å²) >= 11 is 0. The highest BCUT2D eigenvalue weighted by molar-refractivity contribution is 5.34. The lowest BCUT2D eigenvalue weighted by Gasteiger charge is -2.14. The first-order chi connectivity index (χ1) is 8.45. The Labute approximate surface area is 111 Å². The molecule has 0 heterocycles. The Hall–Kier alpha value is -0.890. The first kappa shape index (κ1) is 15.2. The van der Waals surface area contributed by atoms with Gasteiger partial charge in [-0.1, -0.05) is 32.9 Å². The average molecular weight is 251 g/mol. The van der Waals surface area contributed by atoms with E-state index in [0.717, 1.165) is 36.8 Å². The van der Waals surface area contributed by atoms with Gasteiger partial charge in [0.15, 0.2) is 0 Å². The molecule has 2 heteroatoms. The minimum atomic E-state index is -0.0107.